The van der Waals surface area contributed by atoms with Crippen molar-refractivity contribution in [3.8, 4) is 35.5 Å². The Labute approximate surface area is 214 Å². The van der Waals surface area contributed by atoms with Crippen LogP contribution in [0.1, 0.15) is 5.56 Å². The molecule has 3 heterocycles. The van der Waals surface area contributed by atoms with E-state index >= 15 is 4.39 Å². The zero-order valence-corrected chi connectivity index (χ0v) is 19.8. The van der Waals surface area contributed by atoms with Crippen molar-refractivity contribution >= 4 is 43.5 Å². The monoisotopic (exact) mass is 547 g/mol. The summed E-state index contributed by atoms with van der Waals surface area (Å²) >= 11 is 0.707. The molecule has 0 aliphatic carbocycles. The molecule has 1 amide bonds. The number of amides is 1. The highest BCUT2D eigenvalue weighted by Crippen LogP contribution is 2.46. The first-order valence-corrected chi connectivity index (χ1v) is 11.5. The second-order valence-electron chi connectivity index (χ2n) is 8.05. The maximum absolute atomic E-state index is 16.1. The number of nitrogen functional groups attached to an aromatic ring is 1. The second kappa shape index (κ2) is 9.10. The Morgan fingerprint density at radius 3 is 2.63 bits per heavy atom. The van der Waals surface area contributed by atoms with Crippen molar-refractivity contribution in [3.05, 3.63) is 48.1 Å². The molecule has 2 aromatic carbocycles. The predicted octanol–water partition coefficient (Wildman–Crippen LogP) is 4.53. The quantitative estimate of drug-likeness (QED) is 0.223. The summed E-state index contributed by atoms with van der Waals surface area (Å²) < 4.78 is 83.7. The van der Waals surface area contributed by atoms with E-state index in [9.17, 15) is 22.4 Å². The normalized spacial score (nSPS) is 13.8. The molecule has 2 N–H and O–H groups in total. The maximum Gasteiger partial charge on any atom is 0.417 e. The van der Waals surface area contributed by atoms with Crippen LogP contribution in [0, 0.1) is 24.2 Å². The third kappa shape index (κ3) is 4.20. The van der Waals surface area contributed by atoms with Gasteiger partial charge in [0.2, 0.25) is 11.8 Å². The van der Waals surface area contributed by atoms with Gasteiger partial charge in [0.15, 0.2) is 10.9 Å². The van der Waals surface area contributed by atoms with Crippen LogP contribution in [0.3, 0.4) is 0 Å². The van der Waals surface area contributed by atoms with Crippen molar-refractivity contribution in [2.24, 2.45) is 0 Å². The number of nitrogens with zero attached hydrogens (tertiary/aromatic N) is 4. The van der Waals surface area contributed by atoms with Gasteiger partial charge in [-0.25, -0.2) is 13.8 Å². The van der Waals surface area contributed by atoms with Crippen LogP contribution in [0.25, 0.3) is 32.2 Å². The molecular formula is C24H14F5N5O3S. The highest BCUT2D eigenvalue weighted by atomic mass is 32.1. The molecule has 5 rings (SSSR count). The Hall–Kier alpha value is -4.51. The van der Waals surface area contributed by atoms with Gasteiger partial charge >= 0.3 is 12.2 Å². The van der Waals surface area contributed by atoms with Crippen LogP contribution in [0.15, 0.2) is 30.9 Å². The highest BCUT2D eigenvalue weighted by molar-refractivity contribution is 7.22. The molecule has 4 aromatic rings. The molecule has 14 heteroatoms. The van der Waals surface area contributed by atoms with Crippen LogP contribution in [0.2, 0.25) is 0 Å². The van der Waals surface area contributed by atoms with Gasteiger partial charge in [0.05, 0.1) is 34.3 Å². The number of hydrogen-bond donors (Lipinski definition) is 1. The summed E-state index contributed by atoms with van der Waals surface area (Å²) in [4.78, 5) is 24.8. The number of hydrogen-bond acceptors (Lipinski definition) is 8. The summed E-state index contributed by atoms with van der Waals surface area (Å²) in [6, 6.07) is 1.94. The molecule has 0 atom stereocenters. The topological polar surface area (TPSA) is 103 Å². The van der Waals surface area contributed by atoms with E-state index in [0.29, 0.717) is 17.4 Å². The molecule has 0 radical (unpaired) electrons. The summed E-state index contributed by atoms with van der Waals surface area (Å²) in [5.41, 5.74) is 2.13. The van der Waals surface area contributed by atoms with Gasteiger partial charge in [-0.3, -0.25) is 4.79 Å². The predicted molar refractivity (Wildman–Crippen MR) is 128 cm³/mol. The van der Waals surface area contributed by atoms with Gasteiger partial charge < -0.3 is 20.1 Å². The number of terminal acetylenes is 1. The molecule has 0 unspecified atom stereocenters. The number of rotatable bonds is 5. The van der Waals surface area contributed by atoms with E-state index in [0.717, 1.165) is 18.2 Å². The largest absolute Gasteiger partial charge is 0.470 e. The maximum atomic E-state index is 16.1. The number of ether oxygens (including phenoxy) is 2. The standard InChI is InChI=1S/C24H14F5N5O3S/c1-3-15(35)34-8-10(9-34)37-21-12-7-13(24(27,28)29)16(17(26)18(12)32-23(33-21)36-4-2)11-5-6-14(25)20-19(11)31-22(30)38-20/h2-3,5-7,10H,1,8-9H2,(H2,30,31). The fourth-order valence-electron chi connectivity index (χ4n) is 4.03. The van der Waals surface area contributed by atoms with E-state index < -0.39 is 57.8 Å². The van der Waals surface area contributed by atoms with Crippen molar-refractivity contribution in [2.75, 3.05) is 18.8 Å². The Morgan fingerprint density at radius 2 is 1.97 bits per heavy atom. The first-order chi connectivity index (χ1) is 18.0. The summed E-state index contributed by atoms with van der Waals surface area (Å²) in [5.74, 6) is -2.99. The Bertz CT molecular complexity index is 1670. The zero-order chi connectivity index (χ0) is 27.4. The number of carbonyl (C=O) groups is 1. The first kappa shape index (κ1) is 25.2. The summed E-state index contributed by atoms with van der Waals surface area (Å²) in [7, 11) is 0. The minimum atomic E-state index is -5.07. The fraction of sp³-hybridized carbons (Fsp3) is 0.167. The van der Waals surface area contributed by atoms with Gasteiger partial charge in [-0.1, -0.05) is 24.3 Å². The van der Waals surface area contributed by atoms with Gasteiger partial charge in [0, 0.05) is 11.1 Å². The SMILES string of the molecule is C#COc1nc(OC2CN(C(=O)C=C)C2)c2cc(C(F)(F)F)c(-c3ccc(F)c4sc(N)nc34)c(F)c2n1. The van der Waals surface area contributed by atoms with Gasteiger partial charge in [-0.2, -0.15) is 23.1 Å². The Kier molecular flexibility index (Phi) is 6.03. The molecule has 0 saturated carbocycles. The Morgan fingerprint density at radius 1 is 1.24 bits per heavy atom. The van der Waals surface area contributed by atoms with Crippen molar-refractivity contribution in [2.45, 2.75) is 12.3 Å². The minimum absolute atomic E-state index is 0.0905. The molecule has 2 aromatic heterocycles. The van der Waals surface area contributed by atoms with Crippen LogP contribution in [0.5, 0.6) is 11.9 Å². The van der Waals surface area contributed by atoms with Gasteiger partial charge in [0.25, 0.3) is 0 Å². The molecule has 8 nitrogen and oxygen atoms in total. The van der Waals surface area contributed by atoms with Crippen molar-refractivity contribution in [1.82, 2.24) is 19.9 Å². The van der Waals surface area contributed by atoms with Crippen molar-refractivity contribution in [3.63, 3.8) is 0 Å². The molecule has 38 heavy (non-hydrogen) atoms. The number of likely N-dealkylation sites (tertiary alicyclic amines) is 1. The van der Waals surface area contributed by atoms with Crippen molar-refractivity contribution in [1.29, 1.82) is 0 Å². The number of thiazole rings is 1. The number of halogens is 5. The van der Waals surface area contributed by atoms with Crippen LogP contribution in [0.4, 0.5) is 27.1 Å². The van der Waals surface area contributed by atoms with E-state index in [1.165, 1.54) is 4.90 Å². The smallest absolute Gasteiger partial charge is 0.417 e. The van der Waals surface area contributed by atoms with Crippen LogP contribution < -0.4 is 15.2 Å². The lowest BCUT2D eigenvalue weighted by Gasteiger charge is -2.38. The Balaban J connectivity index is 1.74. The van der Waals surface area contributed by atoms with E-state index in [1.807, 2.05) is 6.11 Å². The second-order valence-corrected chi connectivity index (χ2v) is 9.08. The summed E-state index contributed by atoms with van der Waals surface area (Å²) in [6.45, 7) is 3.56. The molecule has 1 fully saturated rings. The lowest BCUT2D eigenvalue weighted by atomic mass is 9.95. The summed E-state index contributed by atoms with van der Waals surface area (Å²) in [6.07, 6.45) is 2.31. The average Bonchev–Trinajstić information content (AvgIpc) is 3.23. The van der Waals surface area contributed by atoms with Gasteiger partial charge in [-0.05, 0) is 24.3 Å². The van der Waals surface area contributed by atoms with Crippen LogP contribution in [-0.2, 0) is 11.0 Å². The number of alkyl halides is 3. The lowest BCUT2D eigenvalue weighted by Crippen LogP contribution is -2.55. The number of anilines is 1. The molecule has 1 aliphatic heterocycles. The third-order valence-corrected chi connectivity index (χ3v) is 6.62. The van der Waals surface area contributed by atoms with Crippen LogP contribution >= 0.6 is 11.3 Å². The average molecular weight is 547 g/mol. The van der Waals surface area contributed by atoms with Gasteiger partial charge in [-0.15, -0.1) is 0 Å². The zero-order valence-electron chi connectivity index (χ0n) is 19.0. The number of carbonyl (C=O) groups excluding carboxylic acids is 1. The van der Waals surface area contributed by atoms with Crippen molar-refractivity contribution < 1.29 is 36.2 Å². The molecule has 0 bridgehead atoms. The molecule has 194 valence electrons. The van der Waals surface area contributed by atoms with E-state index in [2.05, 4.69) is 21.5 Å². The summed E-state index contributed by atoms with van der Waals surface area (Å²) in [5, 5.41) is -0.541. The van der Waals surface area contributed by atoms with E-state index in [4.69, 9.17) is 21.6 Å². The van der Waals surface area contributed by atoms with E-state index in [1.54, 1.807) is 0 Å². The minimum Gasteiger partial charge on any atom is -0.470 e. The lowest BCUT2D eigenvalue weighted by molar-refractivity contribution is -0.137. The number of aromatic nitrogens is 3. The van der Waals surface area contributed by atoms with E-state index in [-0.39, 0.29) is 39.9 Å². The highest BCUT2D eigenvalue weighted by Gasteiger charge is 2.39. The van der Waals surface area contributed by atoms with Crippen LogP contribution in [-0.4, -0.2) is 45.0 Å². The van der Waals surface area contributed by atoms with Gasteiger partial charge in [0.1, 0.15) is 23.5 Å². The first-order valence-electron chi connectivity index (χ1n) is 10.7. The number of benzene rings is 2. The molecule has 1 saturated heterocycles. The third-order valence-electron chi connectivity index (χ3n) is 5.73. The number of fused-ring (bicyclic) bond motifs is 2. The molecule has 1 aliphatic rings. The fourth-order valence-corrected chi connectivity index (χ4v) is 4.79. The molecule has 0 spiro atoms. The number of nitrogens with two attached hydrogens (primary N) is 1. The molecular weight excluding hydrogens is 533 g/mol.